The summed E-state index contributed by atoms with van der Waals surface area (Å²) in [5.74, 6) is 0.0164. The zero-order chi connectivity index (χ0) is 11.0. The Kier molecular flexibility index (Phi) is 2.54. The molecular weight excluding hydrogens is 266 g/mol. The Balaban J connectivity index is 2.44. The van der Waals surface area contributed by atoms with Gasteiger partial charge in [-0.25, -0.2) is 0 Å². The molecule has 5 nitrogen and oxygen atoms in total. The van der Waals surface area contributed by atoms with Crippen LogP contribution in [0.4, 0.5) is 0 Å². The van der Waals surface area contributed by atoms with Crippen molar-refractivity contribution in [1.82, 2.24) is 0 Å². The summed E-state index contributed by atoms with van der Waals surface area (Å²) in [4.78, 5) is 10.7. The fraction of sp³-hybridized carbons (Fsp3) is 0.222. The molecule has 0 amide bonds. The molecule has 0 aliphatic carbocycles. The number of fused-ring (bicyclic) bond motifs is 1. The van der Waals surface area contributed by atoms with Crippen molar-refractivity contribution in [3.8, 4) is 11.5 Å². The molecule has 1 aromatic carbocycles. The van der Waals surface area contributed by atoms with E-state index in [4.69, 9.17) is 20.3 Å². The van der Waals surface area contributed by atoms with E-state index >= 15 is 0 Å². The minimum absolute atomic E-state index is 0.146. The van der Waals surface area contributed by atoms with Crippen molar-refractivity contribution in [2.45, 2.75) is 6.04 Å². The molecule has 15 heavy (non-hydrogen) atoms. The third-order valence-corrected chi connectivity index (χ3v) is 2.78. The van der Waals surface area contributed by atoms with Crippen LogP contribution in [-0.4, -0.2) is 17.9 Å². The van der Waals surface area contributed by atoms with Crippen LogP contribution in [-0.2, 0) is 4.79 Å². The number of halogens is 1. The number of ether oxygens (including phenoxy) is 2. The molecular formula is C9H8BrNO4. The highest BCUT2D eigenvalue weighted by atomic mass is 79.9. The molecule has 1 aliphatic heterocycles. The Labute approximate surface area is 93.9 Å². The molecule has 0 radical (unpaired) electrons. The highest BCUT2D eigenvalue weighted by Gasteiger charge is 2.22. The van der Waals surface area contributed by atoms with E-state index in [9.17, 15) is 4.79 Å². The first-order valence-electron chi connectivity index (χ1n) is 4.17. The maximum absolute atomic E-state index is 10.7. The van der Waals surface area contributed by atoms with Gasteiger partial charge in [0.25, 0.3) is 0 Å². The van der Waals surface area contributed by atoms with E-state index in [1.54, 1.807) is 12.1 Å². The number of carboxylic acids is 1. The maximum atomic E-state index is 10.7. The predicted molar refractivity (Wildman–Crippen MR) is 54.8 cm³/mol. The number of hydrogen-bond donors (Lipinski definition) is 2. The SMILES string of the molecule is NC(C(=O)O)c1cc2c(cc1Br)OCO2. The molecule has 1 atom stereocenters. The van der Waals surface area contributed by atoms with Crippen molar-refractivity contribution in [3.05, 3.63) is 22.2 Å². The van der Waals surface area contributed by atoms with Gasteiger partial charge in [0.2, 0.25) is 6.79 Å². The Hall–Kier alpha value is -1.27. The van der Waals surface area contributed by atoms with Gasteiger partial charge < -0.3 is 20.3 Å². The number of carbonyl (C=O) groups is 1. The Bertz CT molecular complexity index is 421. The molecule has 1 aromatic rings. The molecule has 2 rings (SSSR count). The lowest BCUT2D eigenvalue weighted by atomic mass is 10.1. The molecule has 1 aliphatic rings. The minimum Gasteiger partial charge on any atom is -0.480 e. The number of carboxylic acid groups (broad SMARTS) is 1. The maximum Gasteiger partial charge on any atom is 0.325 e. The van der Waals surface area contributed by atoms with Crippen LogP contribution in [0.3, 0.4) is 0 Å². The summed E-state index contributed by atoms with van der Waals surface area (Å²) in [6.07, 6.45) is 0. The monoisotopic (exact) mass is 273 g/mol. The zero-order valence-electron chi connectivity index (χ0n) is 7.57. The number of benzene rings is 1. The summed E-state index contributed by atoms with van der Waals surface area (Å²) >= 11 is 3.24. The Morgan fingerprint density at radius 1 is 1.47 bits per heavy atom. The van der Waals surface area contributed by atoms with E-state index < -0.39 is 12.0 Å². The quantitative estimate of drug-likeness (QED) is 0.848. The molecule has 6 heteroatoms. The molecule has 80 valence electrons. The van der Waals surface area contributed by atoms with Gasteiger partial charge in [-0.05, 0) is 17.7 Å². The first-order chi connectivity index (χ1) is 7.09. The first kappa shape index (κ1) is 10.3. The van der Waals surface area contributed by atoms with Gasteiger partial charge in [-0.3, -0.25) is 4.79 Å². The van der Waals surface area contributed by atoms with E-state index in [2.05, 4.69) is 15.9 Å². The van der Waals surface area contributed by atoms with E-state index in [1.807, 2.05) is 0 Å². The van der Waals surface area contributed by atoms with Gasteiger partial charge in [-0.15, -0.1) is 0 Å². The third-order valence-electron chi connectivity index (χ3n) is 2.09. The molecule has 0 bridgehead atoms. The van der Waals surface area contributed by atoms with Crippen LogP contribution >= 0.6 is 15.9 Å². The lowest BCUT2D eigenvalue weighted by Crippen LogP contribution is -2.21. The van der Waals surface area contributed by atoms with Gasteiger partial charge in [0.1, 0.15) is 6.04 Å². The summed E-state index contributed by atoms with van der Waals surface area (Å²) in [6.45, 7) is 0.146. The van der Waals surface area contributed by atoms with Crippen LogP contribution in [0.15, 0.2) is 16.6 Å². The van der Waals surface area contributed by atoms with Gasteiger partial charge >= 0.3 is 5.97 Å². The van der Waals surface area contributed by atoms with Crippen LogP contribution in [0.1, 0.15) is 11.6 Å². The lowest BCUT2D eigenvalue weighted by molar-refractivity contribution is -0.138. The van der Waals surface area contributed by atoms with Gasteiger partial charge in [0.15, 0.2) is 11.5 Å². The fourth-order valence-corrected chi connectivity index (χ4v) is 1.87. The number of hydrogen-bond acceptors (Lipinski definition) is 4. The van der Waals surface area contributed by atoms with Gasteiger partial charge in [-0.2, -0.15) is 0 Å². The highest BCUT2D eigenvalue weighted by molar-refractivity contribution is 9.10. The number of aliphatic carboxylic acids is 1. The Morgan fingerprint density at radius 2 is 2.07 bits per heavy atom. The summed E-state index contributed by atoms with van der Waals surface area (Å²) in [5.41, 5.74) is 5.97. The molecule has 1 heterocycles. The van der Waals surface area contributed by atoms with Crippen molar-refractivity contribution in [3.63, 3.8) is 0 Å². The highest BCUT2D eigenvalue weighted by Crippen LogP contribution is 2.38. The molecule has 0 aromatic heterocycles. The van der Waals surface area contributed by atoms with Crippen molar-refractivity contribution < 1.29 is 19.4 Å². The summed E-state index contributed by atoms with van der Waals surface area (Å²) in [5, 5.41) is 8.79. The molecule has 0 saturated heterocycles. The van der Waals surface area contributed by atoms with Crippen LogP contribution in [0, 0.1) is 0 Å². The van der Waals surface area contributed by atoms with Crippen LogP contribution in [0.5, 0.6) is 11.5 Å². The normalized spacial score (nSPS) is 15.1. The van der Waals surface area contributed by atoms with Crippen molar-refractivity contribution in [1.29, 1.82) is 0 Å². The molecule has 3 N–H and O–H groups in total. The van der Waals surface area contributed by atoms with Gasteiger partial charge in [0, 0.05) is 4.47 Å². The smallest absolute Gasteiger partial charge is 0.325 e. The second-order valence-electron chi connectivity index (χ2n) is 3.04. The van der Waals surface area contributed by atoms with Crippen molar-refractivity contribution in [2.75, 3.05) is 6.79 Å². The second kappa shape index (κ2) is 3.71. The Morgan fingerprint density at radius 3 is 2.67 bits per heavy atom. The summed E-state index contributed by atoms with van der Waals surface area (Å²) in [7, 11) is 0. The largest absolute Gasteiger partial charge is 0.480 e. The summed E-state index contributed by atoms with van der Waals surface area (Å²) < 4.78 is 10.9. The fourth-order valence-electron chi connectivity index (χ4n) is 1.30. The predicted octanol–water partition coefficient (Wildman–Crippen LogP) is 1.26. The average Bonchev–Trinajstić information content (AvgIpc) is 2.62. The average molecular weight is 274 g/mol. The van der Waals surface area contributed by atoms with E-state index in [-0.39, 0.29) is 6.79 Å². The van der Waals surface area contributed by atoms with Crippen LogP contribution < -0.4 is 15.2 Å². The molecule has 0 saturated carbocycles. The van der Waals surface area contributed by atoms with E-state index in [0.29, 0.717) is 21.5 Å². The first-order valence-corrected chi connectivity index (χ1v) is 4.96. The lowest BCUT2D eigenvalue weighted by Gasteiger charge is -2.10. The molecule has 0 fully saturated rings. The van der Waals surface area contributed by atoms with Crippen molar-refractivity contribution >= 4 is 21.9 Å². The number of nitrogens with two attached hydrogens (primary N) is 1. The van der Waals surface area contributed by atoms with E-state index in [0.717, 1.165) is 0 Å². The van der Waals surface area contributed by atoms with Gasteiger partial charge in [-0.1, -0.05) is 15.9 Å². The van der Waals surface area contributed by atoms with E-state index in [1.165, 1.54) is 0 Å². The van der Waals surface area contributed by atoms with Crippen LogP contribution in [0.2, 0.25) is 0 Å². The molecule has 0 spiro atoms. The second-order valence-corrected chi connectivity index (χ2v) is 3.90. The minimum atomic E-state index is -1.09. The topological polar surface area (TPSA) is 81.8 Å². The number of rotatable bonds is 2. The van der Waals surface area contributed by atoms with Crippen molar-refractivity contribution in [2.24, 2.45) is 5.73 Å². The summed E-state index contributed by atoms with van der Waals surface area (Å²) in [6, 6.07) is 2.15. The van der Waals surface area contributed by atoms with Gasteiger partial charge in [0.05, 0.1) is 0 Å². The molecule has 1 unspecified atom stereocenters. The van der Waals surface area contributed by atoms with Crippen LogP contribution in [0.25, 0.3) is 0 Å². The standard InChI is InChI=1S/C9H8BrNO4/c10-5-2-7-6(14-3-15-7)1-4(5)8(11)9(12)13/h1-2,8H,3,11H2,(H,12,13). The zero-order valence-corrected chi connectivity index (χ0v) is 9.15. The third kappa shape index (κ3) is 1.78.